The molecular weight excluding hydrogens is 684 g/mol. The molecule has 3 aromatic rings. The summed E-state index contributed by atoms with van der Waals surface area (Å²) in [5, 5.41) is 4.23. The normalized spacial score (nSPS) is 17.3. The maximum Gasteiger partial charge on any atom is 0.252 e. The summed E-state index contributed by atoms with van der Waals surface area (Å²) in [5.41, 5.74) is 8.71. The number of halogens is 2. The van der Waals surface area contributed by atoms with E-state index in [1.54, 1.807) is 4.90 Å². The van der Waals surface area contributed by atoms with E-state index in [1.807, 2.05) is 84.6 Å². The van der Waals surface area contributed by atoms with E-state index in [4.69, 9.17) is 26.8 Å². The van der Waals surface area contributed by atoms with Crippen molar-refractivity contribution in [3.8, 4) is 11.5 Å². The van der Waals surface area contributed by atoms with Crippen molar-refractivity contribution >= 4 is 50.8 Å². The van der Waals surface area contributed by atoms with Gasteiger partial charge in [0.05, 0.1) is 6.04 Å². The number of amides is 3. The summed E-state index contributed by atoms with van der Waals surface area (Å²) in [5.74, 6) is 0.935. The Labute approximate surface area is 289 Å². The predicted molar refractivity (Wildman–Crippen MR) is 186 cm³/mol. The third-order valence-electron chi connectivity index (χ3n) is 8.43. The Morgan fingerprint density at radius 2 is 1.62 bits per heavy atom. The molecule has 3 aromatic carbocycles. The first-order valence-corrected chi connectivity index (χ1v) is 17.1. The molecular formula is C36H40BrClN4O5. The Balaban J connectivity index is 1.35. The molecule has 0 aliphatic carbocycles. The monoisotopic (exact) mass is 722 g/mol. The van der Waals surface area contributed by atoms with Gasteiger partial charge in [-0.1, -0.05) is 57.9 Å². The summed E-state index contributed by atoms with van der Waals surface area (Å²) in [6, 6.07) is 22.6. The van der Waals surface area contributed by atoms with Gasteiger partial charge in [-0.15, -0.1) is 0 Å². The number of nitrogens with zero attached hydrogens (tertiary/aromatic N) is 2. The van der Waals surface area contributed by atoms with E-state index >= 15 is 0 Å². The van der Waals surface area contributed by atoms with Crippen LogP contribution in [0.3, 0.4) is 0 Å². The van der Waals surface area contributed by atoms with Crippen LogP contribution in [0.4, 0.5) is 0 Å². The summed E-state index contributed by atoms with van der Waals surface area (Å²) >= 11 is 9.90. The summed E-state index contributed by atoms with van der Waals surface area (Å²) in [7, 11) is 0. The minimum Gasteiger partial charge on any atom is -0.490 e. The highest BCUT2D eigenvalue weighted by atomic mass is 79.9. The lowest BCUT2D eigenvalue weighted by molar-refractivity contribution is -0.134. The third kappa shape index (κ3) is 9.15. The van der Waals surface area contributed by atoms with Gasteiger partial charge in [-0.05, 0) is 78.9 Å². The van der Waals surface area contributed by atoms with Crippen LogP contribution in [0.2, 0.25) is 5.02 Å². The van der Waals surface area contributed by atoms with Gasteiger partial charge in [-0.3, -0.25) is 14.4 Å². The lowest BCUT2D eigenvalue weighted by Gasteiger charge is -2.45. The molecule has 2 heterocycles. The molecule has 3 N–H and O–H groups in total. The van der Waals surface area contributed by atoms with E-state index in [0.717, 1.165) is 26.9 Å². The Hall–Kier alpha value is -3.86. The van der Waals surface area contributed by atoms with Gasteiger partial charge in [-0.2, -0.15) is 0 Å². The fourth-order valence-corrected chi connectivity index (χ4v) is 6.53. The van der Waals surface area contributed by atoms with Crippen LogP contribution < -0.4 is 20.5 Å². The topological polar surface area (TPSA) is 114 Å². The molecule has 3 amide bonds. The zero-order valence-electron chi connectivity index (χ0n) is 26.4. The highest BCUT2D eigenvalue weighted by molar-refractivity contribution is 9.10. The predicted octanol–water partition coefficient (Wildman–Crippen LogP) is 5.59. The summed E-state index contributed by atoms with van der Waals surface area (Å²) in [4.78, 5) is 42.4. The van der Waals surface area contributed by atoms with Gasteiger partial charge in [-0.25, -0.2) is 0 Å². The number of hydrogen-bond donors (Lipinski definition) is 2. The van der Waals surface area contributed by atoms with Crippen LogP contribution in [0.25, 0.3) is 5.57 Å². The number of primary amides is 1. The van der Waals surface area contributed by atoms with E-state index in [-0.39, 0.29) is 36.7 Å². The number of carbonyl (C=O) groups excluding carboxylic acids is 3. The lowest BCUT2D eigenvalue weighted by atomic mass is 9.82. The number of likely N-dealkylation sites (N-methyl/N-ethyl adjacent to an activating group) is 1. The molecule has 5 rings (SSSR count). The average Bonchev–Trinajstić information content (AvgIpc) is 3.06. The minimum absolute atomic E-state index is 0.0225. The second kappa shape index (κ2) is 16.3. The Bertz CT molecular complexity index is 1600. The van der Waals surface area contributed by atoms with Crippen molar-refractivity contribution in [2.75, 3.05) is 32.8 Å². The van der Waals surface area contributed by atoms with Crippen molar-refractivity contribution in [3.63, 3.8) is 0 Å². The molecule has 0 spiro atoms. The molecule has 2 atom stereocenters. The Kier molecular flexibility index (Phi) is 12.0. The molecule has 1 saturated heterocycles. The zero-order valence-corrected chi connectivity index (χ0v) is 28.8. The molecule has 9 nitrogen and oxygen atoms in total. The zero-order chi connectivity index (χ0) is 33.3. The van der Waals surface area contributed by atoms with Crippen LogP contribution in [0.1, 0.15) is 43.7 Å². The molecule has 248 valence electrons. The Morgan fingerprint density at radius 3 is 2.26 bits per heavy atom. The average molecular weight is 724 g/mol. The number of piperazine rings is 1. The molecule has 2 bridgehead atoms. The summed E-state index contributed by atoms with van der Waals surface area (Å²) in [6.45, 7) is 4.48. The van der Waals surface area contributed by atoms with E-state index in [0.29, 0.717) is 68.6 Å². The first-order chi connectivity index (χ1) is 22.7. The number of fused-ring (bicyclic) bond motifs is 2. The highest BCUT2D eigenvalue weighted by Gasteiger charge is 2.40. The van der Waals surface area contributed by atoms with Crippen molar-refractivity contribution in [2.45, 2.75) is 51.2 Å². The number of nitrogens with one attached hydrogen (secondary N) is 1. The van der Waals surface area contributed by atoms with Gasteiger partial charge >= 0.3 is 0 Å². The van der Waals surface area contributed by atoms with Crippen molar-refractivity contribution < 1.29 is 23.9 Å². The minimum atomic E-state index is -0.418. The van der Waals surface area contributed by atoms with E-state index < -0.39 is 5.91 Å². The van der Waals surface area contributed by atoms with Crippen LogP contribution in [-0.4, -0.2) is 72.5 Å². The fourth-order valence-electron chi connectivity index (χ4n) is 6.07. The second-order valence-electron chi connectivity index (χ2n) is 11.7. The van der Waals surface area contributed by atoms with Gasteiger partial charge in [0, 0.05) is 60.1 Å². The number of carbonyl (C=O) groups is 3. The van der Waals surface area contributed by atoms with Gasteiger partial charge < -0.3 is 30.3 Å². The number of benzene rings is 3. The standard InChI is InChI=1S/C36H40BrClN4O5/c1-2-41(21-25-6-3-4-7-31(25)38)36(45)35-30(20-27-22-42(23-32(35)40-27)34(44)9-5-8-33(39)43)24-10-14-28(15-11-24)46-18-19-47-29-16-12-26(37)13-17-29/h3-4,6-7,10-17,27,32,40H,2,5,8-9,18-23H2,1H3,(H2,39,43)/t27-,32-/m1/s1. The maximum absolute atomic E-state index is 14.4. The van der Waals surface area contributed by atoms with Gasteiger partial charge in [0.15, 0.2) is 0 Å². The van der Waals surface area contributed by atoms with Crippen LogP contribution in [-0.2, 0) is 20.9 Å². The van der Waals surface area contributed by atoms with Crippen molar-refractivity contribution in [1.82, 2.24) is 15.1 Å². The SMILES string of the molecule is CCN(Cc1ccccc1Cl)C(=O)C1=C(c2ccc(OCCOc3ccc(Br)cc3)cc2)C[C@@H]2CN(C(=O)CCCC(N)=O)C[C@H]1N2. The number of hydrogen-bond acceptors (Lipinski definition) is 6. The smallest absolute Gasteiger partial charge is 0.252 e. The maximum atomic E-state index is 14.4. The first kappa shape index (κ1) is 34.5. The van der Waals surface area contributed by atoms with Gasteiger partial charge in [0.2, 0.25) is 11.8 Å². The number of rotatable bonds is 14. The summed E-state index contributed by atoms with van der Waals surface area (Å²) < 4.78 is 12.7. The van der Waals surface area contributed by atoms with Crippen LogP contribution in [0.5, 0.6) is 11.5 Å². The van der Waals surface area contributed by atoms with Crippen molar-refractivity contribution in [3.05, 3.63) is 99.0 Å². The molecule has 47 heavy (non-hydrogen) atoms. The molecule has 0 unspecified atom stereocenters. The van der Waals surface area contributed by atoms with Crippen molar-refractivity contribution in [1.29, 1.82) is 0 Å². The van der Waals surface area contributed by atoms with E-state index in [2.05, 4.69) is 21.2 Å². The highest BCUT2D eigenvalue weighted by Crippen LogP contribution is 2.35. The number of nitrogens with two attached hydrogens (primary N) is 1. The van der Waals surface area contributed by atoms with Crippen LogP contribution in [0, 0.1) is 0 Å². The Morgan fingerprint density at radius 1 is 0.957 bits per heavy atom. The molecule has 11 heteroatoms. The molecule has 0 radical (unpaired) electrons. The van der Waals surface area contributed by atoms with Gasteiger partial charge in [0.25, 0.3) is 5.91 Å². The second-order valence-corrected chi connectivity index (χ2v) is 13.0. The molecule has 2 aliphatic rings. The summed E-state index contributed by atoms with van der Waals surface area (Å²) in [6.07, 6.45) is 1.40. The van der Waals surface area contributed by atoms with E-state index in [1.165, 1.54) is 0 Å². The number of ether oxygens (including phenoxy) is 2. The quantitative estimate of drug-likeness (QED) is 0.210. The molecule has 0 saturated carbocycles. The molecule has 1 fully saturated rings. The van der Waals surface area contributed by atoms with Crippen molar-refractivity contribution in [2.24, 2.45) is 5.73 Å². The van der Waals surface area contributed by atoms with E-state index in [9.17, 15) is 14.4 Å². The fraction of sp³-hybridized carbons (Fsp3) is 0.361. The third-order valence-corrected chi connectivity index (χ3v) is 9.32. The molecule has 0 aromatic heterocycles. The van der Waals surface area contributed by atoms with Gasteiger partial charge in [0.1, 0.15) is 24.7 Å². The lowest BCUT2D eigenvalue weighted by Crippen LogP contribution is -2.62. The largest absolute Gasteiger partial charge is 0.490 e. The van der Waals surface area contributed by atoms with Crippen LogP contribution >= 0.6 is 27.5 Å². The van der Waals surface area contributed by atoms with Crippen LogP contribution in [0.15, 0.2) is 82.8 Å². The molecule has 2 aliphatic heterocycles. The first-order valence-electron chi connectivity index (χ1n) is 15.9.